The maximum absolute atomic E-state index is 13.4. The quantitative estimate of drug-likeness (QED) is 0.633. The van der Waals surface area contributed by atoms with Gasteiger partial charge in [0, 0.05) is 42.4 Å². The van der Waals surface area contributed by atoms with E-state index < -0.39 is 11.9 Å². The molecule has 3 aliphatic heterocycles. The Balaban J connectivity index is 1.34. The summed E-state index contributed by atoms with van der Waals surface area (Å²) in [6.07, 6.45) is 0.590. The van der Waals surface area contributed by atoms with Gasteiger partial charge in [0.15, 0.2) is 0 Å². The maximum atomic E-state index is 13.4. The molecule has 3 amide bonds. The highest BCUT2D eigenvalue weighted by Gasteiger charge is 2.44. The highest BCUT2D eigenvalue weighted by atomic mass is 16.2. The van der Waals surface area contributed by atoms with E-state index in [1.165, 1.54) is 11.1 Å². The summed E-state index contributed by atoms with van der Waals surface area (Å²) in [5, 5.41) is 4.39. The smallest absolute Gasteiger partial charge is 0.259 e. The van der Waals surface area contributed by atoms with E-state index in [0.29, 0.717) is 12.0 Å². The van der Waals surface area contributed by atoms with Crippen molar-refractivity contribution in [2.75, 3.05) is 18.0 Å². The highest BCUT2D eigenvalue weighted by molar-refractivity contribution is 6.27. The summed E-state index contributed by atoms with van der Waals surface area (Å²) in [7, 11) is 0. The van der Waals surface area contributed by atoms with Crippen molar-refractivity contribution in [2.45, 2.75) is 37.8 Å². The van der Waals surface area contributed by atoms with Crippen LogP contribution in [0, 0.1) is 0 Å². The molecule has 0 aromatic heterocycles. The summed E-state index contributed by atoms with van der Waals surface area (Å²) in [5.41, 5.74) is 3.96. The lowest BCUT2D eigenvalue weighted by Crippen LogP contribution is -2.56. The molecule has 0 saturated carbocycles. The largest absolute Gasteiger partial charge is 0.297 e. The van der Waals surface area contributed by atoms with Crippen LogP contribution in [0.1, 0.15) is 41.3 Å². The molecule has 166 valence electrons. The first kappa shape index (κ1) is 20.1. The van der Waals surface area contributed by atoms with E-state index in [0.717, 1.165) is 36.1 Å². The minimum absolute atomic E-state index is 0.00294. The van der Waals surface area contributed by atoms with Crippen LogP contribution in [0.15, 0.2) is 60.7 Å². The second-order valence-electron chi connectivity index (χ2n) is 9.69. The van der Waals surface area contributed by atoms with Crippen molar-refractivity contribution in [1.82, 2.24) is 10.2 Å². The van der Waals surface area contributed by atoms with Gasteiger partial charge in [-0.15, -0.1) is 0 Å². The van der Waals surface area contributed by atoms with Gasteiger partial charge in [-0.2, -0.15) is 0 Å². The molecule has 3 aliphatic rings. The number of piperidine rings is 1. The zero-order valence-corrected chi connectivity index (χ0v) is 18.5. The Bertz CT molecular complexity index is 1310. The van der Waals surface area contributed by atoms with Crippen LogP contribution in [0.25, 0.3) is 10.8 Å². The van der Waals surface area contributed by atoms with Crippen LogP contribution in [-0.2, 0) is 21.5 Å². The third-order valence-electron chi connectivity index (χ3n) is 7.29. The van der Waals surface area contributed by atoms with Crippen molar-refractivity contribution in [3.63, 3.8) is 0 Å². The molecule has 6 nitrogen and oxygen atoms in total. The molecule has 2 saturated heterocycles. The second kappa shape index (κ2) is 7.25. The van der Waals surface area contributed by atoms with E-state index in [4.69, 9.17) is 0 Å². The molecule has 0 radical (unpaired) electrons. The molecule has 1 unspecified atom stereocenters. The molecule has 3 aromatic carbocycles. The van der Waals surface area contributed by atoms with Gasteiger partial charge in [0.1, 0.15) is 6.04 Å². The molecular formula is C27H25N3O3. The lowest BCUT2D eigenvalue weighted by molar-refractivity contribution is -0.134. The van der Waals surface area contributed by atoms with Crippen molar-refractivity contribution in [2.24, 2.45) is 0 Å². The number of hydrogen-bond acceptors (Lipinski definition) is 4. The van der Waals surface area contributed by atoms with Crippen molar-refractivity contribution in [3.05, 3.63) is 77.4 Å². The molecule has 3 aromatic rings. The Morgan fingerprint density at radius 2 is 1.76 bits per heavy atom. The number of nitrogens with one attached hydrogen (secondary N) is 1. The molecule has 3 heterocycles. The maximum Gasteiger partial charge on any atom is 0.259 e. The zero-order chi connectivity index (χ0) is 22.7. The number of rotatable bonds is 4. The molecule has 2 fully saturated rings. The Morgan fingerprint density at radius 1 is 0.970 bits per heavy atom. The zero-order valence-electron chi connectivity index (χ0n) is 18.5. The predicted molar refractivity (Wildman–Crippen MR) is 126 cm³/mol. The first-order chi connectivity index (χ1) is 15.9. The minimum atomic E-state index is -0.655. The summed E-state index contributed by atoms with van der Waals surface area (Å²) in [6.45, 7) is 5.11. The van der Waals surface area contributed by atoms with Crippen LogP contribution in [0.3, 0.4) is 0 Å². The summed E-state index contributed by atoms with van der Waals surface area (Å²) in [4.78, 5) is 41.6. The fourth-order valence-corrected chi connectivity index (χ4v) is 5.83. The molecule has 1 N–H and O–H groups in total. The van der Waals surface area contributed by atoms with E-state index in [1.807, 2.05) is 24.3 Å². The van der Waals surface area contributed by atoms with Gasteiger partial charge in [0.25, 0.3) is 5.91 Å². The van der Waals surface area contributed by atoms with Crippen LogP contribution >= 0.6 is 0 Å². The van der Waals surface area contributed by atoms with Gasteiger partial charge >= 0.3 is 0 Å². The van der Waals surface area contributed by atoms with E-state index in [9.17, 15) is 14.4 Å². The number of likely N-dealkylation sites (tertiary alicyclic amines) is 1. The van der Waals surface area contributed by atoms with Crippen LogP contribution in [-0.4, -0.2) is 41.8 Å². The number of amides is 3. The van der Waals surface area contributed by atoms with Crippen molar-refractivity contribution < 1.29 is 14.4 Å². The Kier molecular flexibility index (Phi) is 4.42. The average molecular weight is 440 g/mol. The normalized spacial score (nSPS) is 21.9. The Morgan fingerprint density at radius 3 is 2.52 bits per heavy atom. The average Bonchev–Trinajstić information content (AvgIpc) is 3.07. The topological polar surface area (TPSA) is 69.7 Å². The first-order valence-corrected chi connectivity index (χ1v) is 11.4. The monoisotopic (exact) mass is 439 g/mol. The SMILES string of the molecule is CC1(c2ccc3c4c(cccc24)N(C2CCC(=O)NC2=O)C3=O)CN(Cc2ccccc2)C1. The first-order valence-electron chi connectivity index (χ1n) is 11.4. The lowest BCUT2D eigenvalue weighted by atomic mass is 9.73. The van der Waals surface area contributed by atoms with Gasteiger partial charge < -0.3 is 0 Å². The highest BCUT2D eigenvalue weighted by Crippen LogP contribution is 2.45. The predicted octanol–water partition coefficient (Wildman–Crippen LogP) is 3.38. The minimum Gasteiger partial charge on any atom is -0.297 e. The third kappa shape index (κ3) is 3.09. The summed E-state index contributed by atoms with van der Waals surface area (Å²) in [6, 6.07) is 19.8. The number of carbonyl (C=O) groups is 3. The number of nitrogens with zero attached hydrogens (tertiary/aromatic N) is 2. The second-order valence-corrected chi connectivity index (χ2v) is 9.69. The molecule has 6 heteroatoms. The molecule has 0 spiro atoms. The van der Waals surface area contributed by atoms with Crippen LogP contribution < -0.4 is 10.2 Å². The van der Waals surface area contributed by atoms with E-state index in [2.05, 4.69) is 53.5 Å². The molecular weight excluding hydrogens is 414 g/mol. The van der Waals surface area contributed by atoms with Crippen LogP contribution in [0.2, 0.25) is 0 Å². The fraction of sp³-hybridized carbons (Fsp3) is 0.296. The number of benzene rings is 3. The molecule has 33 heavy (non-hydrogen) atoms. The van der Waals surface area contributed by atoms with E-state index in [-0.39, 0.29) is 23.7 Å². The number of anilines is 1. The van der Waals surface area contributed by atoms with Crippen molar-refractivity contribution in [1.29, 1.82) is 0 Å². The van der Waals surface area contributed by atoms with Gasteiger partial charge in [0.05, 0.1) is 5.69 Å². The van der Waals surface area contributed by atoms with Gasteiger partial charge in [-0.1, -0.05) is 55.5 Å². The number of imide groups is 1. The number of hydrogen-bond donors (Lipinski definition) is 1. The summed E-state index contributed by atoms with van der Waals surface area (Å²) >= 11 is 0. The number of carbonyl (C=O) groups excluding carboxylic acids is 3. The van der Waals surface area contributed by atoms with Gasteiger partial charge in [0.2, 0.25) is 11.8 Å². The third-order valence-corrected chi connectivity index (χ3v) is 7.29. The van der Waals surface area contributed by atoms with Crippen molar-refractivity contribution in [3.8, 4) is 0 Å². The lowest BCUT2D eigenvalue weighted by Gasteiger charge is -2.49. The molecule has 0 bridgehead atoms. The van der Waals surface area contributed by atoms with Crippen LogP contribution in [0.5, 0.6) is 0 Å². The molecule has 1 atom stereocenters. The standard InChI is InChI=1S/C27H25N3O3/c1-27(15-29(16-27)14-17-6-3-2-4-7-17)20-11-10-19-24-18(20)8-5-9-21(24)30(26(19)33)22-12-13-23(31)28-25(22)32/h2-11,22H,12-16H2,1H3,(H,28,31,32). The van der Waals surface area contributed by atoms with Crippen LogP contribution in [0.4, 0.5) is 5.69 Å². The fourth-order valence-electron chi connectivity index (χ4n) is 5.83. The summed E-state index contributed by atoms with van der Waals surface area (Å²) in [5.74, 6) is -0.835. The van der Waals surface area contributed by atoms with E-state index in [1.54, 1.807) is 4.90 Å². The van der Waals surface area contributed by atoms with Gasteiger partial charge in [-0.25, -0.2) is 0 Å². The van der Waals surface area contributed by atoms with Gasteiger partial charge in [-0.05, 0) is 35.1 Å². The van der Waals surface area contributed by atoms with Crippen molar-refractivity contribution >= 4 is 34.2 Å². The Hall–Kier alpha value is -3.51. The molecule has 6 rings (SSSR count). The Labute approximate surface area is 192 Å². The molecule has 0 aliphatic carbocycles. The van der Waals surface area contributed by atoms with Gasteiger partial charge in [-0.3, -0.25) is 29.5 Å². The van der Waals surface area contributed by atoms with E-state index >= 15 is 0 Å². The summed E-state index contributed by atoms with van der Waals surface area (Å²) < 4.78 is 0.